The van der Waals surface area contributed by atoms with Gasteiger partial charge in [-0.3, -0.25) is 4.40 Å². The zero-order valence-corrected chi connectivity index (χ0v) is 12.4. The number of rotatable bonds is 5. The Hall–Kier alpha value is -1.66. The topological polar surface area (TPSA) is 76.7 Å². The molecule has 0 spiro atoms. The lowest BCUT2D eigenvalue weighted by Gasteiger charge is -2.34. The van der Waals surface area contributed by atoms with Crippen LogP contribution in [0.1, 0.15) is 35.9 Å². The summed E-state index contributed by atoms with van der Waals surface area (Å²) in [5.74, 6) is 0.231. The number of hydrogen-bond donors (Lipinski definition) is 1. The van der Waals surface area contributed by atoms with Crippen molar-refractivity contribution in [3.8, 4) is 0 Å². The molecule has 2 aromatic heterocycles. The van der Waals surface area contributed by atoms with Crippen molar-refractivity contribution in [2.75, 3.05) is 6.61 Å². The molecule has 0 aliphatic heterocycles. The molecule has 0 aromatic carbocycles. The highest BCUT2D eigenvalue weighted by Crippen LogP contribution is 2.33. The second kappa shape index (κ2) is 5.61. The fourth-order valence-electron chi connectivity index (χ4n) is 2.73. The van der Waals surface area contributed by atoms with Gasteiger partial charge in [0.2, 0.25) is 0 Å². The molecule has 1 saturated carbocycles. The molecule has 0 bridgehead atoms. The van der Waals surface area contributed by atoms with Crippen molar-refractivity contribution in [2.24, 2.45) is 5.92 Å². The van der Waals surface area contributed by atoms with Gasteiger partial charge in [-0.1, -0.05) is 11.6 Å². The van der Waals surface area contributed by atoms with E-state index in [1.54, 1.807) is 4.40 Å². The molecule has 112 valence electrons. The van der Waals surface area contributed by atoms with E-state index < -0.39 is 5.97 Å². The highest BCUT2D eigenvalue weighted by Gasteiger charge is 2.30. The van der Waals surface area contributed by atoms with Crippen molar-refractivity contribution >= 4 is 23.2 Å². The Kier molecular flexibility index (Phi) is 3.82. The Morgan fingerprint density at radius 1 is 1.52 bits per heavy atom. The van der Waals surface area contributed by atoms with Crippen LogP contribution < -0.4 is 0 Å². The fourth-order valence-corrected chi connectivity index (χ4v) is 2.97. The van der Waals surface area contributed by atoms with Crippen LogP contribution >= 0.6 is 11.6 Å². The van der Waals surface area contributed by atoms with Crippen LogP contribution in [0.15, 0.2) is 12.3 Å². The molecule has 0 saturated heterocycles. The first-order valence-corrected chi connectivity index (χ1v) is 7.34. The maximum atomic E-state index is 11.1. The number of aromatic nitrogens is 3. The molecule has 0 atom stereocenters. The third-order valence-electron chi connectivity index (χ3n) is 3.84. The molecule has 7 heteroatoms. The van der Waals surface area contributed by atoms with Crippen molar-refractivity contribution < 1.29 is 14.6 Å². The summed E-state index contributed by atoms with van der Waals surface area (Å²) < 4.78 is 7.22. The molecular weight excluding hydrogens is 294 g/mol. The van der Waals surface area contributed by atoms with E-state index in [9.17, 15) is 4.79 Å². The number of hydrogen-bond acceptors (Lipinski definition) is 4. The zero-order valence-electron chi connectivity index (χ0n) is 11.6. The fraction of sp³-hybridized carbons (Fsp3) is 0.500. The first kappa shape index (κ1) is 14.3. The number of nitrogens with zero attached hydrogens (tertiary/aromatic N) is 3. The average molecular weight is 310 g/mol. The number of aromatic carboxylic acids is 1. The number of carbonyl (C=O) groups is 1. The molecule has 0 amide bonds. The molecule has 6 nitrogen and oxygen atoms in total. The Labute approximate surface area is 126 Å². The Bertz CT molecular complexity index is 679. The Balaban J connectivity index is 1.81. The van der Waals surface area contributed by atoms with E-state index in [1.807, 2.05) is 6.92 Å². The molecule has 1 N–H and O–H groups in total. The van der Waals surface area contributed by atoms with Gasteiger partial charge >= 0.3 is 5.97 Å². The summed E-state index contributed by atoms with van der Waals surface area (Å²) in [6.07, 6.45) is 4.64. The number of pyridine rings is 1. The van der Waals surface area contributed by atoms with E-state index in [0.717, 1.165) is 31.7 Å². The summed E-state index contributed by atoms with van der Waals surface area (Å²) in [4.78, 5) is 11.1. The molecular formula is C14H16ClN3O3. The summed E-state index contributed by atoms with van der Waals surface area (Å²) in [6.45, 7) is 2.73. The SMILES string of the molecule is CCOC1CC(Cc2nnc3c(Cl)cc(C(=O)O)cn23)C1. The summed E-state index contributed by atoms with van der Waals surface area (Å²) >= 11 is 6.06. The summed E-state index contributed by atoms with van der Waals surface area (Å²) in [5.41, 5.74) is 0.631. The van der Waals surface area contributed by atoms with Gasteiger partial charge in [0, 0.05) is 19.2 Å². The standard InChI is InChI=1S/C14H16ClN3O3/c1-2-21-10-3-8(4-10)5-12-16-17-13-11(15)6-9(14(19)20)7-18(12)13/h6-8,10H,2-5H2,1H3,(H,19,20). The number of carboxylic acid groups (broad SMARTS) is 1. The predicted molar refractivity (Wildman–Crippen MR) is 76.8 cm³/mol. The molecule has 0 unspecified atom stereocenters. The minimum absolute atomic E-state index is 0.134. The van der Waals surface area contributed by atoms with Gasteiger partial charge < -0.3 is 9.84 Å². The number of halogens is 1. The minimum atomic E-state index is -1.02. The third-order valence-corrected chi connectivity index (χ3v) is 4.12. The molecule has 21 heavy (non-hydrogen) atoms. The van der Waals surface area contributed by atoms with Gasteiger partial charge in [0.05, 0.1) is 16.7 Å². The molecule has 3 rings (SSSR count). The van der Waals surface area contributed by atoms with Crippen LogP contribution in [0, 0.1) is 5.92 Å². The molecule has 1 fully saturated rings. The van der Waals surface area contributed by atoms with Crippen LogP contribution in [0.5, 0.6) is 0 Å². The number of ether oxygens (including phenoxy) is 1. The van der Waals surface area contributed by atoms with Gasteiger partial charge in [0.15, 0.2) is 5.65 Å². The van der Waals surface area contributed by atoms with Crippen LogP contribution in [0.2, 0.25) is 5.02 Å². The normalized spacial score (nSPS) is 21.4. The summed E-state index contributed by atoms with van der Waals surface area (Å²) in [7, 11) is 0. The smallest absolute Gasteiger partial charge is 0.337 e. The van der Waals surface area contributed by atoms with Gasteiger partial charge in [-0.15, -0.1) is 10.2 Å². The van der Waals surface area contributed by atoms with Crippen LogP contribution in [0.25, 0.3) is 5.65 Å². The van der Waals surface area contributed by atoms with Gasteiger partial charge in [0.1, 0.15) is 5.82 Å². The lowest BCUT2D eigenvalue weighted by atomic mass is 9.80. The van der Waals surface area contributed by atoms with Gasteiger partial charge in [0.25, 0.3) is 0 Å². The summed E-state index contributed by atoms with van der Waals surface area (Å²) in [5, 5.41) is 17.6. The van der Waals surface area contributed by atoms with E-state index in [2.05, 4.69) is 10.2 Å². The van der Waals surface area contributed by atoms with Crippen molar-refractivity contribution in [1.82, 2.24) is 14.6 Å². The number of fused-ring (bicyclic) bond motifs is 1. The van der Waals surface area contributed by atoms with E-state index in [4.69, 9.17) is 21.4 Å². The van der Waals surface area contributed by atoms with Crippen molar-refractivity contribution in [2.45, 2.75) is 32.3 Å². The maximum absolute atomic E-state index is 11.1. The van der Waals surface area contributed by atoms with E-state index in [1.165, 1.54) is 12.3 Å². The van der Waals surface area contributed by atoms with E-state index >= 15 is 0 Å². The Morgan fingerprint density at radius 3 is 2.95 bits per heavy atom. The second-order valence-corrected chi connectivity index (χ2v) is 5.72. The van der Waals surface area contributed by atoms with E-state index in [-0.39, 0.29) is 5.56 Å². The summed E-state index contributed by atoms with van der Waals surface area (Å²) in [6, 6.07) is 1.39. The average Bonchev–Trinajstić information content (AvgIpc) is 2.80. The third kappa shape index (κ3) is 2.73. The van der Waals surface area contributed by atoms with Gasteiger partial charge in [-0.05, 0) is 31.7 Å². The molecule has 1 aliphatic carbocycles. The van der Waals surface area contributed by atoms with Gasteiger partial charge in [-0.2, -0.15) is 0 Å². The van der Waals surface area contributed by atoms with Crippen LogP contribution in [-0.2, 0) is 11.2 Å². The second-order valence-electron chi connectivity index (χ2n) is 5.31. The predicted octanol–water partition coefficient (Wildman–Crippen LogP) is 2.44. The van der Waals surface area contributed by atoms with Crippen LogP contribution in [0.4, 0.5) is 0 Å². The highest BCUT2D eigenvalue weighted by atomic mass is 35.5. The van der Waals surface area contributed by atoms with Crippen LogP contribution in [0.3, 0.4) is 0 Å². The van der Waals surface area contributed by atoms with Gasteiger partial charge in [-0.25, -0.2) is 4.79 Å². The quantitative estimate of drug-likeness (QED) is 0.918. The monoisotopic (exact) mass is 309 g/mol. The lowest BCUT2D eigenvalue weighted by Crippen LogP contribution is -2.33. The minimum Gasteiger partial charge on any atom is -0.478 e. The first-order valence-electron chi connectivity index (χ1n) is 6.96. The maximum Gasteiger partial charge on any atom is 0.337 e. The molecule has 2 heterocycles. The molecule has 1 aliphatic rings. The first-order chi connectivity index (χ1) is 10.1. The molecule has 2 aromatic rings. The highest BCUT2D eigenvalue weighted by molar-refractivity contribution is 6.33. The van der Waals surface area contributed by atoms with Crippen LogP contribution in [-0.4, -0.2) is 38.4 Å². The largest absolute Gasteiger partial charge is 0.478 e. The van der Waals surface area contributed by atoms with Crippen molar-refractivity contribution in [1.29, 1.82) is 0 Å². The van der Waals surface area contributed by atoms with Crippen molar-refractivity contribution in [3.63, 3.8) is 0 Å². The Morgan fingerprint density at radius 2 is 2.29 bits per heavy atom. The number of carboxylic acids is 1. The van der Waals surface area contributed by atoms with E-state index in [0.29, 0.717) is 22.7 Å². The van der Waals surface area contributed by atoms with Crippen molar-refractivity contribution in [3.05, 3.63) is 28.7 Å². The molecule has 0 radical (unpaired) electrons. The zero-order chi connectivity index (χ0) is 15.0. The lowest BCUT2D eigenvalue weighted by molar-refractivity contribution is -0.0246.